The lowest BCUT2D eigenvalue weighted by Crippen LogP contribution is -2.15. The van der Waals surface area contributed by atoms with Gasteiger partial charge in [0.25, 0.3) is 0 Å². The zero-order chi connectivity index (χ0) is 11.6. The molecule has 0 saturated heterocycles. The third-order valence-corrected chi connectivity index (χ3v) is 2.39. The van der Waals surface area contributed by atoms with Crippen molar-refractivity contribution in [2.75, 3.05) is 0 Å². The van der Waals surface area contributed by atoms with Gasteiger partial charge in [-0.15, -0.1) is 0 Å². The Morgan fingerprint density at radius 2 is 1.94 bits per heavy atom. The van der Waals surface area contributed by atoms with E-state index >= 15 is 0 Å². The SMILES string of the molecule is CC(C)(C#N)c1nc(-c2ccccc2)n[nH]1. The number of benzene rings is 1. The number of nitriles is 1. The molecule has 0 bridgehead atoms. The van der Waals surface area contributed by atoms with Gasteiger partial charge in [-0.2, -0.15) is 10.4 Å². The molecule has 0 fully saturated rings. The average Bonchev–Trinajstić information content (AvgIpc) is 2.80. The van der Waals surface area contributed by atoms with Gasteiger partial charge in [-0.3, -0.25) is 5.10 Å². The molecule has 0 aliphatic carbocycles. The van der Waals surface area contributed by atoms with Gasteiger partial charge in [-0.25, -0.2) is 4.98 Å². The minimum absolute atomic E-state index is 0.592. The Balaban J connectivity index is 2.39. The normalized spacial score (nSPS) is 11.1. The maximum Gasteiger partial charge on any atom is 0.181 e. The van der Waals surface area contributed by atoms with Gasteiger partial charge in [-0.1, -0.05) is 30.3 Å². The van der Waals surface area contributed by atoms with Gasteiger partial charge in [0, 0.05) is 5.56 Å². The molecule has 0 unspecified atom stereocenters. The minimum Gasteiger partial charge on any atom is -0.261 e. The topological polar surface area (TPSA) is 65.4 Å². The van der Waals surface area contributed by atoms with Crippen LogP contribution in [0.15, 0.2) is 30.3 Å². The summed E-state index contributed by atoms with van der Waals surface area (Å²) in [7, 11) is 0. The summed E-state index contributed by atoms with van der Waals surface area (Å²) in [6.07, 6.45) is 0. The lowest BCUT2D eigenvalue weighted by molar-refractivity contribution is 0.633. The Morgan fingerprint density at radius 3 is 2.56 bits per heavy atom. The molecule has 2 rings (SSSR count). The van der Waals surface area contributed by atoms with Crippen molar-refractivity contribution < 1.29 is 0 Å². The fourth-order valence-corrected chi connectivity index (χ4v) is 1.31. The van der Waals surface area contributed by atoms with E-state index in [0.29, 0.717) is 11.6 Å². The van der Waals surface area contributed by atoms with Crippen molar-refractivity contribution in [2.45, 2.75) is 19.3 Å². The van der Waals surface area contributed by atoms with Crippen molar-refractivity contribution in [3.8, 4) is 17.5 Å². The molecule has 1 N–H and O–H groups in total. The van der Waals surface area contributed by atoms with E-state index in [1.165, 1.54) is 0 Å². The predicted molar refractivity (Wildman–Crippen MR) is 60.5 cm³/mol. The highest BCUT2D eigenvalue weighted by molar-refractivity contribution is 5.54. The molecule has 0 aliphatic heterocycles. The molecule has 0 spiro atoms. The van der Waals surface area contributed by atoms with Gasteiger partial charge in [-0.05, 0) is 13.8 Å². The lowest BCUT2D eigenvalue weighted by Gasteiger charge is -2.09. The number of aromatic amines is 1. The first-order valence-electron chi connectivity index (χ1n) is 5.03. The molecular weight excluding hydrogens is 200 g/mol. The fraction of sp³-hybridized carbons (Fsp3) is 0.250. The number of rotatable bonds is 2. The smallest absolute Gasteiger partial charge is 0.181 e. The quantitative estimate of drug-likeness (QED) is 0.830. The van der Waals surface area contributed by atoms with Crippen molar-refractivity contribution in [1.82, 2.24) is 15.2 Å². The monoisotopic (exact) mass is 212 g/mol. The van der Waals surface area contributed by atoms with Crippen LogP contribution in [0.5, 0.6) is 0 Å². The number of hydrogen-bond acceptors (Lipinski definition) is 3. The Kier molecular flexibility index (Phi) is 2.45. The molecule has 1 aromatic carbocycles. The number of nitrogens with zero attached hydrogens (tertiary/aromatic N) is 3. The fourth-order valence-electron chi connectivity index (χ4n) is 1.31. The minimum atomic E-state index is -0.639. The summed E-state index contributed by atoms with van der Waals surface area (Å²) in [4.78, 5) is 4.33. The van der Waals surface area contributed by atoms with E-state index in [2.05, 4.69) is 21.3 Å². The van der Waals surface area contributed by atoms with Gasteiger partial charge >= 0.3 is 0 Å². The molecule has 80 valence electrons. The number of hydrogen-bond donors (Lipinski definition) is 1. The second-order valence-corrected chi connectivity index (χ2v) is 4.11. The molecule has 2 aromatic rings. The van der Waals surface area contributed by atoms with E-state index in [1.807, 2.05) is 44.2 Å². The van der Waals surface area contributed by atoms with Crippen LogP contribution in [0, 0.1) is 11.3 Å². The molecular formula is C12H12N4. The summed E-state index contributed by atoms with van der Waals surface area (Å²) in [5.74, 6) is 1.22. The van der Waals surface area contributed by atoms with Crippen LogP contribution in [0.25, 0.3) is 11.4 Å². The molecule has 0 atom stereocenters. The van der Waals surface area contributed by atoms with Crippen molar-refractivity contribution >= 4 is 0 Å². The first kappa shape index (κ1) is 10.4. The molecule has 4 heteroatoms. The highest BCUT2D eigenvalue weighted by atomic mass is 15.2. The molecule has 4 nitrogen and oxygen atoms in total. The Labute approximate surface area is 94.0 Å². The van der Waals surface area contributed by atoms with E-state index in [-0.39, 0.29) is 0 Å². The Bertz CT molecular complexity index is 519. The number of nitrogens with one attached hydrogen (secondary N) is 1. The summed E-state index contributed by atoms with van der Waals surface area (Å²) in [6.45, 7) is 3.62. The standard InChI is InChI=1S/C12H12N4/c1-12(2,8-13)11-14-10(15-16-11)9-6-4-3-5-7-9/h3-7H,1-2H3,(H,14,15,16). The van der Waals surface area contributed by atoms with Crippen molar-refractivity contribution in [1.29, 1.82) is 5.26 Å². The molecule has 0 amide bonds. The summed E-state index contributed by atoms with van der Waals surface area (Å²) in [5, 5.41) is 15.9. The summed E-state index contributed by atoms with van der Waals surface area (Å²) in [5.41, 5.74) is 0.304. The highest BCUT2D eigenvalue weighted by Crippen LogP contribution is 2.21. The van der Waals surface area contributed by atoms with Crippen LogP contribution >= 0.6 is 0 Å². The second-order valence-electron chi connectivity index (χ2n) is 4.11. The third-order valence-electron chi connectivity index (χ3n) is 2.39. The van der Waals surface area contributed by atoms with E-state index in [0.717, 1.165) is 5.56 Å². The number of aromatic nitrogens is 3. The molecule has 16 heavy (non-hydrogen) atoms. The molecule has 1 heterocycles. The van der Waals surface area contributed by atoms with Crippen molar-refractivity contribution in [3.05, 3.63) is 36.2 Å². The van der Waals surface area contributed by atoms with Gasteiger partial charge in [0.2, 0.25) is 0 Å². The number of H-pyrrole nitrogens is 1. The lowest BCUT2D eigenvalue weighted by atomic mass is 9.95. The third kappa shape index (κ3) is 1.80. The van der Waals surface area contributed by atoms with E-state index in [1.54, 1.807) is 0 Å². The van der Waals surface area contributed by atoms with Gasteiger partial charge < -0.3 is 0 Å². The largest absolute Gasteiger partial charge is 0.261 e. The van der Waals surface area contributed by atoms with Crippen molar-refractivity contribution in [3.63, 3.8) is 0 Å². The summed E-state index contributed by atoms with van der Waals surface area (Å²) < 4.78 is 0. The Hall–Kier alpha value is -2.15. The predicted octanol–water partition coefficient (Wildman–Crippen LogP) is 2.27. The van der Waals surface area contributed by atoms with E-state index in [9.17, 15) is 0 Å². The maximum absolute atomic E-state index is 8.99. The summed E-state index contributed by atoms with van der Waals surface area (Å²) in [6, 6.07) is 11.9. The van der Waals surface area contributed by atoms with Crippen molar-refractivity contribution in [2.24, 2.45) is 0 Å². The van der Waals surface area contributed by atoms with Gasteiger partial charge in [0.15, 0.2) is 5.82 Å². The van der Waals surface area contributed by atoms with E-state index < -0.39 is 5.41 Å². The molecule has 1 aromatic heterocycles. The van der Waals surface area contributed by atoms with Gasteiger partial charge in [0.1, 0.15) is 11.2 Å². The summed E-state index contributed by atoms with van der Waals surface area (Å²) >= 11 is 0. The van der Waals surface area contributed by atoms with Crippen LogP contribution in [0.2, 0.25) is 0 Å². The van der Waals surface area contributed by atoms with E-state index in [4.69, 9.17) is 5.26 Å². The molecule has 0 aliphatic rings. The molecule has 0 radical (unpaired) electrons. The van der Waals surface area contributed by atoms with Crippen LogP contribution < -0.4 is 0 Å². The second kappa shape index (κ2) is 3.78. The van der Waals surface area contributed by atoms with Crippen LogP contribution in [0.1, 0.15) is 19.7 Å². The van der Waals surface area contributed by atoms with Crippen LogP contribution in [0.3, 0.4) is 0 Å². The Morgan fingerprint density at radius 1 is 1.25 bits per heavy atom. The first-order chi connectivity index (χ1) is 7.63. The van der Waals surface area contributed by atoms with Crippen LogP contribution in [0.4, 0.5) is 0 Å². The van der Waals surface area contributed by atoms with Gasteiger partial charge in [0.05, 0.1) is 6.07 Å². The molecule has 0 saturated carbocycles. The highest BCUT2D eigenvalue weighted by Gasteiger charge is 2.24. The average molecular weight is 212 g/mol. The van der Waals surface area contributed by atoms with Crippen LogP contribution in [-0.4, -0.2) is 15.2 Å². The maximum atomic E-state index is 8.99. The van der Waals surface area contributed by atoms with Crippen LogP contribution in [-0.2, 0) is 5.41 Å². The zero-order valence-electron chi connectivity index (χ0n) is 9.23. The first-order valence-corrected chi connectivity index (χ1v) is 5.03. The zero-order valence-corrected chi connectivity index (χ0v) is 9.23.